The summed E-state index contributed by atoms with van der Waals surface area (Å²) in [5.41, 5.74) is 2.36. The highest BCUT2D eigenvalue weighted by molar-refractivity contribution is 14.0. The SMILES string of the molecule is CN=C(NCCCNC(=O)C1CCC1)N(C)Cc1cn(C)nc1C(C)C.I. The van der Waals surface area contributed by atoms with Gasteiger partial charge in [0, 0.05) is 58.5 Å². The number of halogens is 1. The standard InChI is InChI=1S/C19H34N6O.HI/c1-14(2)17-16(13-25(5)23-17)12-24(4)19(20-3)22-11-7-10-21-18(26)15-8-6-9-15;/h13-15H,6-12H2,1-5H3,(H,20,22)(H,21,26);1H. The van der Waals surface area contributed by atoms with E-state index in [2.05, 4.69) is 45.7 Å². The molecular weight excluding hydrogens is 455 g/mol. The first kappa shape index (κ1) is 23.7. The Morgan fingerprint density at radius 1 is 1.37 bits per heavy atom. The second-order valence-corrected chi connectivity index (χ2v) is 7.47. The topological polar surface area (TPSA) is 74.6 Å². The number of rotatable bonds is 8. The molecule has 1 saturated carbocycles. The molecule has 0 radical (unpaired) electrons. The Labute approximate surface area is 180 Å². The number of carbonyl (C=O) groups excluding carboxylic acids is 1. The maximum Gasteiger partial charge on any atom is 0.223 e. The molecule has 7 nitrogen and oxygen atoms in total. The summed E-state index contributed by atoms with van der Waals surface area (Å²) in [4.78, 5) is 18.3. The molecule has 1 aromatic heterocycles. The molecule has 1 heterocycles. The van der Waals surface area contributed by atoms with Gasteiger partial charge in [-0.1, -0.05) is 20.3 Å². The summed E-state index contributed by atoms with van der Waals surface area (Å²) in [5, 5.41) is 11.0. The lowest BCUT2D eigenvalue weighted by Gasteiger charge is -2.24. The van der Waals surface area contributed by atoms with E-state index in [0.717, 1.165) is 44.0 Å². The van der Waals surface area contributed by atoms with E-state index in [1.54, 1.807) is 7.05 Å². The normalized spacial score (nSPS) is 14.5. The average Bonchev–Trinajstić information content (AvgIpc) is 2.89. The molecule has 1 aliphatic carbocycles. The molecule has 0 aliphatic heterocycles. The Morgan fingerprint density at radius 2 is 2.04 bits per heavy atom. The zero-order valence-corrected chi connectivity index (χ0v) is 19.6. The number of hydrogen-bond donors (Lipinski definition) is 2. The van der Waals surface area contributed by atoms with Gasteiger partial charge in [-0.3, -0.25) is 14.5 Å². The predicted molar refractivity (Wildman–Crippen MR) is 121 cm³/mol. The van der Waals surface area contributed by atoms with Crippen molar-refractivity contribution in [2.45, 2.75) is 52.0 Å². The Hall–Kier alpha value is -1.32. The van der Waals surface area contributed by atoms with E-state index < -0.39 is 0 Å². The molecule has 0 aromatic carbocycles. The van der Waals surface area contributed by atoms with Gasteiger partial charge >= 0.3 is 0 Å². The maximum atomic E-state index is 11.8. The third kappa shape index (κ3) is 6.97. The van der Waals surface area contributed by atoms with Crippen LogP contribution in [0.4, 0.5) is 0 Å². The Kier molecular flexibility index (Phi) is 10.1. The van der Waals surface area contributed by atoms with Crippen molar-refractivity contribution in [3.63, 3.8) is 0 Å². The molecule has 0 atom stereocenters. The van der Waals surface area contributed by atoms with Crippen LogP contribution in [-0.4, -0.2) is 53.7 Å². The fourth-order valence-corrected chi connectivity index (χ4v) is 3.19. The summed E-state index contributed by atoms with van der Waals surface area (Å²) in [6, 6.07) is 0. The lowest BCUT2D eigenvalue weighted by atomic mass is 9.85. The molecule has 0 saturated heterocycles. The minimum absolute atomic E-state index is 0. The molecule has 0 unspecified atom stereocenters. The van der Waals surface area contributed by atoms with Crippen LogP contribution < -0.4 is 10.6 Å². The van der Waals surface area contributed by atoms with Crippen LogP contribution in [-0.2, 0) is 18.4 Å². The van der Waals surface area contributed by atoms with Crippen LogP contribution in [0.2, 0.25) is 0 Å². The number of aromatic nitrogens is 2. The molecule has 154 valence electrons. The number of carbonyl (C=O) groups is 1. The van der Waals surface area contributed by atoms with Crippen molar-refractivity contribution >= 4 is 35.8 Å². The minimum Gasteiger partial charge on any atom is -0.356 e. The summed E-state index contributed by atoms with van der Waals surface area (Å²) >= 11 is 0. The van der Waals surface area contributed by atoms with Gasteiger partial charge in [-0.15, -0.1) is 24.0 Å². The van der Waals surface area contributed by atoms with Crippen molar-refractivity contribution < 1.29 is 4.79 Å². The third-order valence-corrected chi connectivity index (χ3v) is 4.88. The lowest BCUT2D eigenvalue weighted by Crippen LogP contribution is -2.40. The first-order valence-electron chi connectivity index (χ1n) is 9.64. The molecule has 2 N–H and O–H groups in total. The zero-order chi connectivity index (χ0) is 19.1. The third-order valence-electron chi connectivity index (χ3n) is 4.88. The van der Waals surface area contributed by atoms with Gasteiger partial charge in [0.15, 0.2) is 5.96 Å². The van der Waals surface area contributed by atoms with Gasteiger partial charge < -0.3 is 15.5 Å². The van der Waals surface area contributed by atoms with Gasteiger partial charge in [-0.05, 0) is 25.2 Å². The zero-order valence-electron chi connectivity index (χ0n) is 17.3. The molecule has 1 fully saturated rings. The van der Waals surface area contributed by atoms with Crippen LogP contribution in [0.15, 0.2) is 11.2 Å². The first-order chi connectivity index (χ1) is 12.4. The van der Waals surface area contributed by atoms with E-state index in [-0.39, 0.29) is 35.8 Å². The van der Waals surface area contributed by atoms with E-state index in [9.17, 15) is 4.79 Å². The number of nitrogens with one attached hydrogen (secondary N) is 2. The van der Waals surface area contributed by atoms with Crippen LogP contribution >= 0.6 is 24.0 Å². The smallest absolute Gasteiger partial charge is 0.223 e. The molecule has 2 rings (SSSR count). The quantitative estimate of drug-likeness (QED) is 0.254. The highest BCUT2D eigenvalue weighted by Gasteiger charge is 2.24. The molecule has 8 heteroatoms. The lowest BCUT2D eigenvalue weighted by molar-refractivity contribution is -0.127. The van der Waals surface area contributed by atoms with Gasteiger partial charge in [-0.25, -0.2) is 0 Å². The largest absolute Gasteiger partial charge is 0.356 e. The van der Waals surface area contributed by atoms with Crippen LogP contribution in [0, 0.1) is 5.92 Å². The van der Waals surface area contributed by atoms with Gasteiger partial charge in [-0.2, -0.15) is 5.10 Å². The number of amides is 1. The maximum absolute atomic E-state index is 11.8. The average molecular weight is 490 g/mol. The highest BCUT2D eigenvalue weighted by atomic mass is 127. The summed E-state index contributed by atoms with van der Waals surface area (Å²) in [6.07, 6.45) is 6.25. The van der Waals surface area contributed by atoms with Crippen molar-refractivity contribution in [1.82, 2.24) is 25.3 Å². The van der Waals surface area contributed by atoms with Crippen LogP contribution in [0.1, 0.15) is 56.7 Å². The van der Waals surface area contributed by atoms with E-state index in [4.69, 9.17) is 0 Å². The Bertz CT molecular complexity index is 624. The number of aliphatic imine (C=N–C) groups is 1. The molecule has 1 aromatic rings. The van der Waals surface area contributed by atoms with Crippen molar-refractivity contribution in [3.8, 4) is 0 Å². The number of guanidine groups is 1. The van der Waals surface area contributed by atoms with Crippen LogP contribution in [0.5, 0.6) is 0 Å². The Morgan fingerprint density at radius 3 is 2.59 bits per heavy atom. The van der Waals surface area contributed by atoms with E-state index in [0.29, 0.717) is 12.5 Å². The molecular formula is C19H35IN6O. The fourth-order valence-electron chi connectivity index (χ4n) is 3.19. The van der Waals surface area contributed by atoms with E-state index >= 15 is 0 Å². The second-order valence-electron chi connectivity index (χ2n) is 7.47. The number of nitrogens with zero attached hydrogens (tertiary/aromatic N) is 4. The van der Waals surface area contributed by atoms with Crippen LogP contribution in [0.25, 0.3) is 0 Å². The van der Waals surface area contributed by atoms with Gasteiger partial charge in [0.05, 0.1) is 5.69 Å². The minimum atomic E-state index is 0. The monoisotopic (exact) mass is 490 g/mol. The summed E-state index contributed by atoms with van der Waals surface area (Å²) < 4.78 is 1.87. The molecule has 1 amide bonds. The van der Waals surface area contributed by atoms with Gasteiger partial charge in [0.25, 0.3) is 0 Å². The molecule has 27 heavy (non-hydrogen) atoms. The van der Waals surface area contributed by atoms with Crippen molar-refractivity contribution in [1.29, 1.82) is 0 Å². The molecule has 0 spiro atoms. The predicted octanol–water partition coefficient (Wildman–Crippen LogP) is 2.48. The van der Waals surface area contributed by atoms with Gasteiger partial charge in [0.2, 0.25) is 5.91 Å². The number of hydrogen-bond acceptors (Lipinski definition) is 3. The van der Waals surface area contributed by atoms with Crippen molar-refractivity contribution in [3.05, 3.63) is 17.5 Å². The van der Waals surface area contributed by atoms with Crippen molar-refractivity contribution in [2.75, 3.05) is 27.2 Å². The summed E-state index contributed by atoms with van der Waals surface area (Å²) in [5.74, 6) is 1.73. The highest BCUT2D eigenvalue weighted by Crippen LogP contribution is 2.26. The Balaban J connectivity index is 0.00000364. The van der Waals surface area contributed by atoms with E-state index in [1.807, 2.05) is 18.8 Å². The fraction of sp³-hybridized carbons (Fsp3) is 0.737. The summed E-state index contributed by atoms with van der Waals surface area (Å²) in [6.45, 7) is 6.59. The van der Waals surface area contributed by atoms with Gasteiger partial charge in [0.1, 0.15) is 0 Å². The second kappa shape index (κ2) is 11.5. The number of aryl methyl sites for hydroxylation is 1. The van der Waals surface area contributed by atoms with Crippen LogP contribution in [0.3, 0.4) is 0 Å². The van der Waals surface area contributed by atoms with Crippen molar-refractivity contribution in [2.24, 2.45) is 18.0 Å². The van der Waals surface area contributed by atoms with E-state index in [1.165, 1.54) is 12.0 Å². The summed E-state index contributed by atoms with van der Waals surface area (Å²) in [7, 11) is 5.79. The molecule has 0 bridgehead atoms. The molecule has 1 aliphatic rings. The first-order valence-corrected chi connectivity index (χ1v) is 9.64.